The topological polar surface area (TPSA) is 104 Å². The van der Waals surface area contributed by atoms with E-state index in [-0.39, 0.29) is 15.9 Å². The quantitative estimate of drug-likeness (QED) is 0.729. The molecule has 3 heterocycles. The first-order chi connectivity index (χ1) is 10.5. The van der Waals surface area contributed by atoms with Gasteiger partial charge < -0.3 is 9.73 Å². The van der Waals surface area contributed by atoms with Gasteiger partial charge in [0.2, 0.25) is 0 Å². The van der Waals surface area contributed by atoms with Crippen molar-refractivity contribution in [3.8, 4) is 0 Å². The summed E-state index contributed by atoms with van der Waals surface area (Å²) in [4.78, 5) is 13.9. The van der Waals surface area contributed by atoms with Gasteiger partial charge in [0.15, 0.2) is 15.4 Å². The Morgan fingerprint density at radius 1 is 1.23 bits per heavy atom. The van der Waals surface area contributed by atoms with Crippen LogP contribution in [0, 0.1) is 5.41 Å². The summed E-state index contributed by atoms with van der Waals surface area (Å²) in [6.07, 6.45) is 1.71. The van der Waals surface area contributed by atoms with Gasteiger partial charge in [-0.2, -0.15) is 0 Å². The number of H-pyrrole nitrogens is 1. The third-order valence-electron chi connectivity index (χ3n) is 4.83. The zero-order valence-corrected chi connectivity index (χ0v) is 12.7. The average molecular weight is 323 g/mol. The molecule has 2 aromatic rings. The summed E-state index contributed by atoms with van der Waals surface area (Å²) in [6.45, 7) is 2.43. The van der Waals surface area contributed by atoms with Gasteiger partial charge in [0.05, 0.1) is 10.4 Å². The van der Waals surface area contributed by atoms with Crippen LogP contribution in [0.2, 0.25) is 0 Å². The van der Waals surface area contributed by atoms with Crippen LogP contribution in [0.5, 0.6) is 0 Å². The molecule has 2 fully saturated rings. The molecule has 1 aromatic heterocycles. The molecule has 0 radical (unpaired) electrons. The number of fused-ring (bicyclic) bond motifs is 1. The van der Waals surface area contributed by atoms with Gasteiger partial charge in [-0.25, -0.2) is 13.2 Å². The molecule has 22 heavy (non-hydrogen) atoms. The highest BCUT2D eigenvalue weighted by Gasteiger charge is 2.53. The van der Waals surface area contributed by atoms with Crippen LogP contribution in [0.3, 0.4) is 0 Å². The molecule has 0 saturated carbocycles. The first-order valence-corrected chi connectivity index (χ1v) is 8.87. The van der Waals surface area contributed by atoms with Crippen LogP contribution in [0.25, 0.3) is 11.1 Å². The number of aromatic amines is 1. The molecule has 1 atom stereocenters. The van der Waals surface area contributed by atoms with Crippen LogP contribution < -0.4 is 16.4 Å². The Morgan fingerprint density at radius 3 is 2.68 bits per heavy atom. The molecule has 2 aliphatic rings. The minimum Gasteiger partial charge on any atom is -0.408 e. The molecule has 3 N–H and O–H groups in total. The Balaban J connectivity index is 1.74. The van der Waals surface area contributed by atoms with Crippen molar-refractivity contribution in [1.29, 1.82) is 0 Å². The fourth-order valence-corrected chi connectivity index (χ4v) is 5.60. The standard InChI is InChI=1S/C14H17N3O4S/c18-13-17-10-2-1-9(7-11(10)21-13)22(19,20)12-14(8-16-12)3-5-15-6-4-14/h1-2,7,12,15-16H,3-6,8H2,(H,17,18). The minimum atomic E-state index is -3.51. The smallest absolute Gasteiger partial charge is 0.408 e. The Labute approximate surface area is 127 Å². The second kappa shape index (κ2) is 4.68. The summed E-state index contributed by atoms with van der Waals surface area (Å²) < 4.78 is 30.8. The number of piperidine rings is 1. The highest BCUT2D eigenvalue weighted by molar-refractivity contribution is 7.92. The molecular formula is C14H17N3O4S. The molecule has 4 rings (SSSR count). The van der Waals surface area contributed by atoms with Crippen molar-refractivity contribution >= 4 is 20.9 Å². The largest absolute Gasteiger partial charge is 0.417 e. The lowest BCUT2D eigenvalue weighted by molar-refractivity contribution is 0.0893. The van der Waals surface area contributed by atoms with Crippen molar-refractivity contribution < 1.29 is 12.8 Å². The second-order valence-electron chi connectivity index (χ2n) is 6.09. The third-order valence-corrected chi connectivity index (χ3v) is 7.02. The van der Waals surface area contributed by atoms with Gasteiger partial charge >= 0.3 is 5.76 Å². The lowest BCUT2D eigenvalue weighted by atomic mass is 9.73. The van der Waals surface area contributed by atoms with Gasteiger partial charge in [-0.1, -0.05) is 0 Å². The van der Waals surface area contributed by atoms with Gasteiger partial charge in [-0.3, -0.25) is 10.3 Å². The molecule has 0 aliphatic carbocycles. The highest BCUT2D eigenvalue weighted by Crippen LogP contribution is 2.43. The monoisotopic (exact) mass is 323 g/mol. The number of hydrogen-bond donors (Lipinski definition) is 3. The number of rotatable bonds is 2. The van der Waals surface area contributed by atoms with Crippen molar-refractivity contribution in [2.24, 2.45) is 5.41 Å². The Kier molecular flexibility index (Phi) is 2.97. The number of oxazole rings is 1. The van der Waals surface area contributed by atoms with Crippen LogP contribution in [-0.4, -0.2) is 38.4 Å². The predicted octanol–water partition coefficient (Wildman–Crippen LogP) is 0.194. The molecule has 7 nitrogen and oxygen atoms in total. The maximum Gasteiger partial charge on any atom is 0.417 e. The van der Waals surface area contributed by atoms with Crippen LogP contribution in [-0.2, 0) is 9.84 Å². The van der Waals surface area contributed by atoms with E-state index < -0.39 is 21.0 Å². The lowest BCUT2D eigenvalue weighted by Crippen LogP contribution is -2.68. The first-order valence-electron chi connectivity index (χ1n) is 7.32. The molecule has 1 aromatic carbocycles. The molecule has 8 heteroatoms. The van der Waals surface area contributed by atoms with E-state index in [1.54, 1.807) is 6.07 Å². The van der Waals surface area contributed by atoms with Crippen molar-refractivity contribution in [2.75, 3.05) is 19.6 Å². The maximum atomic E-state index is 12.9. The van der Waals surface area contributed by atoms with Crippen LogP contribution >= 0.6 is 0 Å². The molecule has 2 aliphatic heterocycles. The van der Waals surface area contributed by atoms with Crippen LogP contribution in [0.4, 0.5) is 0 Å². The predicted molar refractivity (Wildman–Crippen MR) is 80.3 cm³/mol. The van der Waals surface area contributed by atoms with Crippen LogP contribution in [0.15, 0.2) is 32.3 Å². The first kappa shape index (κ1) is 14.0. The maximum absolute atomic E-state index is 12.9. The Hall–Kier alpha value is -1.64. The normalized spacial score (nSPS) is 24.5. The van der Waals surface area contributed by atoms with Gasteiger partial charge in [-0.05, 0) is 38.1 Å². The number of hydrogen-bond acceptors (Lipinski definition) is 6. The molecule has 2 saturated heterocycles. The summed E-state index contributed by atoms with van der Waals surface area (Å²) in [7, 11) is -3.51. The fourth-order valence-electron chi connectivity index (χ4n) is 3.52. The van der Waals surface area contributed by atoms with E-state index in [4.69, 9.17) is 4.42 Å². The van der Waals surface area contributed by atoms with Gasteiger partial charge in [0, 0.05) is 18.0 Å². The Bertz CT molecular complexity index is 877. The molecule has 1 unspecified atom stereocenters. The Morgan fingerprint density at radius 2 is 2.00 bits per heavy atom. The van der Waals surface area contributed by atoms with Gasteiger partial charge in [-0.15, -0.1) is 0 Å². The molecule has 1 spiro atoms. The van der Waals surface area contributed by atoms with Gasteiger partial charge in [0.25, 0.3) is 0 Å². The van der Waals surface area contributed by atoms with E-state index in [1.807, 2.05) is 0 Å². The zero-order valence-electron chi connectivity index (χ0n) is 11.9. The SMILES string of the molecule is O=c1[nH]c2ccc(S(=O)(=O)C3NCC34CCNCC4)cc2o1. The fraction of sp³-hybridized carbons (Fsp3) is 0.500. The number of benzene rings is 1. The minimum absolute atomic E-state index is 0.183. The summed E-state index contributed by atoms with van der Waals surface area (Å²) in [6, 6.07) is 4.52. The van der Waals surface area contributed by atoms with Gasteiger partial charge in [0.1, 0.15) is 5.37 Å². The zero-order chi connectivity index (χ0) is 15.4. The molecular weight excluding hydrogens is 306 g/mol. The van der Waals surface area contributed by atoms with E-state index in [2.05, 4.69) is 15.6 Å². The summed E-state index contributed by atoms with van der Waals surface area (Å²) in [5.74, 6) is -0.582. The molecule has 118 valence electrons. The van der Waals surface area contributed by atoms with E-state index in [1.165, 1.54) is 12.1 Å². The van der Waals surface area contributed by atoms with E-state index in [9.17, 15) is 13.2 Å². The second-order valence-corrected chi connectivity index (χ2v) is 8.12. The van der Waals surface area contributed by atoms with Crippen molar-refractivity contribution in [1.82, 2.24) is 15.6 Å². The highest BCUT2D eigenvalue weighted by atomic mass is 32.2. The molecule has 0 amide bonds. The van der Waals surface area contributed by atoms with Crippen LogP contribution in [0.1, 0.15) is 12.8 Å². The molecule has 0 bridgehead atoms. The number of aromatic nitrogens is 1. The van der Waals surface area contributed by atoms with Crippen molar-refractivity contribution in [2.45, 2.75) is 23.1 Å². The van der Waals surface area contributed by atoms with E-state index in [0.717, 1.165) is 32.5 Å². The van der Waals surface area contributed by atoms with E-state index >= 15 is 0 Å². The lowest BCUT2D eigenvalue weighted by Gasteiger charge is -2.51. The summed E-state index contributed by atoms with van der Waals surface area (Å²) in [5.41, 5.74) is 0.588. The van der Waals surface area contributed by atoms with E-state index in [0.29, 0.717) is 5.52 Å². The van der Waals surface area contributed by atoms with Crippen molar-refractivity contribution in [3.63, 3.8) is 0 Å². The summed E-state index contributed by atoms with van der Waals surface area (Å²) >= 11 is 0. The third kappa shape index (κ3) is 1.94. The number of nitrogens with one attached hydrogen (secondary N) is 3. The average Bonchev–Trinajstić information content (AvgIpc) is 2.85. The number of sulfone groups is 1. The van der Waals surface area contributed by atoms with Crippen molar-refractivity contribution in [3.05, 3.63) is 28.7 Å². The summed E-state index contributed by atoms with van der Waals surface area (Å²) in [5, 5.41) is 5.79.